The van der Waals surface area contributed by atoms with Gasteiger partial charge in [-0.05, 0) is 108 Å². The number of aromatic hydroxyl groups is 1. The molecular weight excluding hydrogens is 540 g/mol. The molecule has 1 atom stereocenters. The second-order valence-corrected chi connectivity index (χ2v) is 10.6. The van der Waals surface area contributed by atoms with Crippen molar-refractivity contribution in [1.82, 2.24) is 0 Å². The Bertz CT molecular complexity index is 1310. The summed E-state index contributed by atoms with van der Waals surface area (Å²) in [6, 6.07) is 26.9. The summed E-state index contributed by atoms with van der Waals surface area (Å²) >= 11 is 0. The molecule has 4 nitrogen and oxygen atoms in total. The molecule has 0 heterocycles. The number of benzene rings is 4. The van der Waals surface area contributed by atoms with Crippen LogP contribution in [0, 0.1) is 6.92 Å². The third-order valence-electron chi connectivity index (χ3n) is 5.96. The lowest BCUT2D eigenvalue weighted by Gasteiger charge is -2.14. The molecule has 4 aromatic carbocycles. The van der Waals surface area contributed by atoms with Crippen LogP contribution in [0.5, 0.6) is 17.2 Å². The van der Waals surface area contributed by atoms with E-state index in [1.54, 1.807) is 24.3 Å². The molecule has 0 saturated carbocycles. The minimum absolute atomic E-state index is 0. The molecule has 0 amide bonds. The molecule has 3 N–H and O–H groups in total. The Morgan fingerprint density at radius 3 is 1.67 bits per heavy atom. The van der Waals surface area contributed by atoms with E-state index in [1.807, 2.05) is 58.0 Å². The largest absolute Gasteiger partial charge is 0.508 e. The van der Waals surface area contributed by atoms with E-state index in [4.69, 9.17) is 4.74 Å². The van der Waals surface area contributed by atoms with Crippen molar-refractivity contribution in [2.75, 3.05) is 0 Å². The van der Waals surface area contributed by atoms with Gasteiger partial charge in [-0.1, -0.05) is 92.5 Å². The number of rotatable bonds is 8. The molecule has 0 aliphatic carbocycles. The Kier molecular flexibility index (Phi) is 19.6. The van der Waals surface area contributed by atoms with Crippen molar-refractivity contribution in [1.29, 1.82) is 0 Å². The Morgan fingerprint density at radius 1 is 0.690 bits per heavy atom. The fourth-order valence-electron chi connectivity index (χ4n) is 4.02. The maximum Gasteiger partial charge on any atom is 0.130 e. The lowest BCUT2D eigenvalue weighted by Crippen LogP contribution is -1.95. The number of ether oxygens (including phenoxy) is 1. The monoisotopic (exact) mass is 592 g/mol. The molecule has 5 heteroatoms. The van der Waals surface area contributed by atoms with Crippen LogP contribution < -0.4 is 4.74 Å². The maximum absolute atomic E-state index is 12.8. The summed E-state index contributed by atoms with van der Waals surface area (Å²) in [7, 11) is -1.31. The highest BCUT2D eigenvalue weighted by atomic mass is 32.2. The molecule has 0 bridgehead atoms. The van der Waals surface area contributed by atoms with E-state index in [1.165, 1.54) is 34.2 Å². The van der Waals surface area contributed by atoms with Gasteiger partial charge in [0.2, 0.25) is 0 Å². The SMILES string of the molecule is CC.CC.CCC.CCCc1cc(-c2ccc(C)c(CC)c2)ccc1Oc1ccc(S(=O)c2ccc(O)cc2)cc1.O. The molecule has 0 spiro atoms. The first-order valence-corrected chi connectivity index (χ1v) is 16.3. The zero-order valence-electron chi connectivity index (χ0n) is 27.1. The molecule has 0 aromatic heterocycles. The average Bonchev–Trinajstić information content (AvgIpc) is 3.01. The van der Waals surface area contributed by atoms with Crippen LogP contribution in [0.2, 0.25) is 0 Å². The van der Waals surface area contributed by atoms with Crippen LogP contribution in [0.25, 0.3) is 11.1 Å². The van der Waals surface area contributed by atoms with Gasteiger partial charge in [0, 0.05) is 9.79 Å². The van der Waals surface area contributed by atoms with E-state index in [2.05, 4.69) is 65.0 Å². The number of hydrogen-bond donors (Lipinski definition) is 1. The molecule has 0 aliphatic heterocycles. The third kappa shape index (κ3) is 11.5. The van der Waals surface area contributed by atoms with Crippen molar-refractivity contribution in [2.24, 2.45) is 0 Å². The molecule has 0 aliphatic rings. The second-order valence-electron chi connectivity index (χ2n) is 9.11. The highest BCUT2D eigenvalue weighted by molar-refractivity contribution is 7.85. The van der Waals surface area contributed by atoms with E-state index in [-0.39, 0.29) is 11.2 Å². The highest BCUT2D eigenvalue weighted by Gasteiger charge is 2.11. The maximum atomic E-state index is 12.8. The second kappa shape index (κ2) is 21.3. The molecular formula is C37H52O4S. The summed E-state index contributed by atoms with van der Waals surface area (Å²) in [5.74, 6) is 1.72. The quantitative estimate of drug-likeness (QED) is 0.221. The van der Waals surface area contributed by atoms with Gasteiger partial charge in [-0.25, -0.2) is 4.21 Å². The molecule has 42 heavy (non-hydrogen) atoms. The highest BCUT2D eigenvalue weighted by Crippen LogP contribution is 2.32. The van der Waals surface area contributed by atoms with Crippen LogP contribution in [0.4, 0.5) is 0 Å². The minimum atomic E-state index is -1.31. The van der Waals surface area contributed by atoms with Gasteiger partial charge in [0.15, 0.2) is 0 Å². The van der Waals surface area contributed by atoms with Crippen molar-refractivity contribution >= 4 is 10.8 Å². The lowest BCUT2D eigenvalue weighted by molar-refractivity contribution is 0.475. The van der Waals surface area contributed by atoms with Crippen LogP contribution in [-0.2, 0) is 23.6 Å². The molecule has 0 fully saturated rings. The summed E-state index contributed by atoms with van der Waals surface area (Å²) in [6.45, 7) is 18.8. The molecule has 0 saturated heterocycles. The first-order valence-electron chi connectivity index (χ1n) is 15.1. The first-order chi connectivity index (χ1) is 19.9. The van der Waals surface area contributed by atoms with Gasteiger partial charge < -0.3 is 15.3 Å². The Morgan fingerprint density at radius 2 is 1.17 bits per heavy atom. The van der Waals surface area contributed by atoms with Crippen molar-refractivity contribution in [3.8, 4) is 28.4 Å². The lowest BCUT2D eigenvalue weighted by atomic mass is 9.96. The summed E-state index contributed by atoms with van der Waals surface area (Å²) < 4.78 is 19.0. The van der Waals surface area contributed by atoms with Crippen LogP contribution >= 0.6 is 0 Å². The Hall–Kier alpha value is -3.41. The van der Waals surface area contributed by atoms with Gasteiger partial charge in [-0.3, -0.25) is 0 Å². The van der Waals surface area contributed by atoms with Gasteiger partial charge in [-0.2, -0.15) is 0 Å². The zero-order valence-corrected chi connectivity index (χ0v) is 27.9. The smallest absolute Gasteiger partial charge is 0.130 e. The van der Waals surface area contributed by atoms with Gasteiger partial charge >= 0.3 is 0 Å². The third-order valence-corrected chi connectivity index (χ3v) is 7.36. The number of aryl methyl sites for hydroxylation is 3. The molecule has 4 rings (SSSR count). The molecule has 4 aromatic rings. The van der Waals surface area contributed by atoms with E-state index in [9.17, 15) is 9.32 Å². The van der Waals surface area contributed by atoms with Crippen molar-refractivity contribution < 1.29 is 19.5 Å². The van der Waals surface area contributed by atoms with Crippen molar-refractivity contribution in [2.45, 2.75) is 97.8 Å². The van der Waals surface area contributed by atoms with E-state index < -0.39 is 10.8 Å². The van der Waals surface area contributed by atoms with Crippen LogP contribution in [0.3, 0.4) is 0 Å². The standard InChI is InChI=1S/C30H30O3S.C3H8.2C2H6.H2O/c1-4-6-25-20-24(23-8-7-21(3)22(5-2)19-23)9-18-30(25)33-27-12-16-29(17-13-27)34(32)28-14-10-26(31)11-15-28;1-3-2;2*1-2;/h7-20,31H,4-6H2,1-3H3;3H2,1-2H3;2*1-2H3;1H2. The van der Waals surface area contributed by atoms with Gasteiger partial charge in [-0.15, -0.1) is 0 Å². The van der Waals surface area contributed by atoms with Gasteiger partial charge in [0.1, 0.15) is 17.2 Å². The predicted molar refractivity (Wildman–Crippen MR) is 182 cm³/mol. The Balaban J connectivity index is 0.00000194. The minimum Gasteiger partial charge on any atom is -0.508 e. The Labute approximate surface area is 257 Å². The van der Waals surface area contributed by atoms with Crippen molar-refractivity contribution in [3.05, 3.63) is 102 Å². The summed E-state index contributed by atoms with van der Waals surface area (Å²) in [4.78, 5) is 1.34. The van der Waals surface area contributed by atoms with E-state index in [0.29, 0.717) is 15.5 Å². The van der Waals surface area contributed by atoms with E-state index >= 15 is 0 Å². The van der Waals surface area contributed by atoms with Crippen LogP contribution in [-0.4, -0.2) is 14.8 Å². The fraction of sp³-hybridized carbons (Fsp3) is 0.351. The topological polar surface area (TPSA) is 78.0 Å². The van der Waals surface area contributed by atoms with Gasteiger partial charge in [0.05, 0.1) is 10.8 Å². The average molecular weight is 593 g/mol. The zero-order chi connectivity index (χ0) is 30.8. The van der Waals surface area contributed by atoms with Crippen molar-refractivity contribution in [3.63, 3.8) is 0 Å². The molecule has 230 valence electrons. The summed E-state index contributed by atoms with van der Waals surface area (Å²) in [5.41, 5.74) is 6.31. The number of phenols is 1. The first kappa shape index (κ1) is 38.6. The number of hydrogen-bond acceptors (Lipinski definition) is 3. The molecule has 0 radical (unpaired) electrons. The summed E-state index contributed by atoms with van der Waals surface area (Å²) in [6.07, 6.45) is 4.23. The normalized spacial score (nSPS) is 10.3. The predicted octanol–water partition coefficient (Wildman–Crippen LogP) is 10.5. The molecule has 1 unspecified atom stereocenters. The van der Waals surface area contributed by atoms with E-state index in [0.717, 1.165) is 25.0 Å². The van der Waals surface area contributed by atoms with Gasteiger partial charge in [0.25, 0.3) is 0 Å². The summed E-state index contributed by atoms with van der Waals surface area (Å²) in [5, 5.41) is 9.45. The van der Waals surface area contributed by atoms with Crippen LogP contribution in [0.15, 0.2) is 94.7 Å². The van der Waals surface area contributed by atoms with Crippen LogP contribution in [0.1, 0.15) is 84.9 Å². The number of phenolic OH excluding ortho intramolecular Hbond substituents is 1. The fourth-order valence-corrected chi connectivity index (χ4v) is 5.06.